The molecule has 0 amide bonds. The molecule has 0 unspecified atom stereocenters. The van der Waals surface area contributed by atoms with E-state index in [0.29, 0.717) is 23.3 Å². The quantitative estimate of drug-likeness (QED) is 0.538. The Morgan fingerprint density at radius 3 is 2.40 bits per heavy atom. The van der Waals surface area contributed by atoms with E-state index in [1.54, 1.807) is 24.3 Å². The highest BCUT2D eigenvalue weighted by Gasteiger charge is 2.17. The third kappa shape index (κ3) is 4.52. The van der Waals surface area contributed by atoms with Crippen LogP contribution in [0.25, 0.3) is 0 Å². The number of hydrogen-bond donors (Lipinski definition) is 4. The van der Waals surface area contributed by atoms with E-state index in [1.807, 2.05) is 0 Å². The lowest BCUT2D eigenvalue weighted by Gasteiger charge is -2.13. The fourth-order valence-corrected chi connectivity index (χ4v) is 2.75. The third-order valence-electron chi connectivity index (χ3n) is 3.67. The number of ether oxygens (including phenoxy) is 1. The molecule has 0 heterocycles. The fraction of sp³-hybridized carbons (Fsp3) is 0.222. The third-order valence-corrected chi connectivity index (χ3v) is 3.90. The normalized spacial score (nSPS) is 10.5. The summed E-state index contributed by atoms with van der Waals surface area (Å²) in [4.78, 5) is 22.6. The zero-order valence-electron chi connectivity index (χ0n) is 13.3. The average Bonchev–Trinajstić information content (AvgIpc) is 2.59. The van der Waals surface area contributed by atoms with Gasteiger partial charge in [-0.25, -0.2) is 9.59 Å². The minimum absolute atomic E-state index is 0.0215. The van der Waals surface area contributed by atoms with Crippen LogP contribution in [0.2, 0.25) is 0 Å². The van der Waals surface area contributed by atoms with Crippen molar-refractivity contribution in [3.8, 4) is 5.75 Å². The number of thiol groups is 1. The molecule has 2 rings (SSSR count). The van der Waals surface area contributed by atoms with Crippen LogP contribution >= 0.6 is 12.6 Å². The lowest BCUT2D eigenvalue weighted by molar-refractivity contribution is 0.0680. The summed E-state index contributed by atoms with van der Waals surface area (Å²) in [5.74, 6) is -1.45. The largest absolute Gasteiger partial charge is 0.488 e. The van der Waals surface area contributed by atoms with E-state index >= 15 is 0 Å². The first-order valence-electron chi connectivity index (χ1n) is 7.52. The Morgan fingerprint density at radius 1 is 1.04 bits per heavy atom. The zero-order valence-corrected chi connectivity index (χ0v) is 14.2. The number of carbonyl (C=O) groups is 2. The van der Waals surface area contributed by atoms with E-state index in [9.17, 15) is 19.8 Å². The Kier molecular flexibility index (Phi) is 6.44. The monoisotopic (exact) mass is 362 g/mol. The van der Waals surface area contributed by atoms with Gasteiger partial charge in [0.15, 0.2) is 0 Å². The first-order valence-corrected chi connectivity index (χ1v) is 8.16. The number of aryl methyl sites for hydroxylation is 1. The molecule has 0 aliphatic heterocycles. The van der Waals surface area contributed by atoms with Crippen LogP contribution in [-0.2, 0) is 19.6 Å². The first-order chi connectivity index (χ1) is 12.0. The van der Waals surface area contributed by atoms with Crippen LogP contribution in [0.15, 0.2) is 36.4 Å². The van der Waals surface area contributed by atoms with Crippen molar-refractivity contribution < 1.29 is 29.6 Å². The smallest absolute Gasteiger partial charge is 0.339 e. The summed E-state index contributed by atoms with van der Waals surface area (Å²) in [6.45, 7) is -0.356. The zero-order chi connectivity index (χ0) is 18.4. The Labute approximate surface area is 150 Å². The number of aromatic carboxylic acids is 2. The summed E-state index contributed by atoms with van der Waals surface area (Å²) < 4.78 is 5.64. The van der Waals surface area contributed by atoms with Crippen molar-refractivity contribution in [3.63, 3.8) is 0 Å². The van der Waals surface area contributed by atoms with Gasteiger partial charge < -0.3 is 20.1 Å². The highest BCUT2D eigenvalue weighted by Crippen LogP contribution is 2.25. The molecule has 2 aromatic rings. The number of carboxylic acids is 2. The Hall–Kier alpha value is -2.51. The van der Waals surface area contributed by atoms with Crippen LogP contribution in [0.1, 0.15) is 37.4 Å². The Balaban J connectivity index is 2.25. The highest BCUT2D eigenvalue weighted by atomic mass is 32.1. The molecule has 0 saturated carbocycles. The molecule has 6 nitrogen and oxygen atoms in total. The summed E-state index contributed by atoms with van der Waals surface area (Å²) in [5.41, 5.74) is 1.66. The van der Waals surface area contributed by atoms with E-state index in [1.165, 1.54) is 12.1 Å². The van der Waals surface area contributed by atoms with Crippen molar-refractivity contribution in [1.29, 1.82) is 0 Å². The Bertz CT molecular complexity index is 787. The minimum atomic E-state index is -1.12. The van der Waals surface area contributed by atoms with Gasteiger partial charge in [-0.1, -0.05) is 18.2 Å². The van der Waals surface area contributed by atoms with E-state index in [2.05, 4.69) is 12.6 Å². The molecular weight excluding hydrogens is 344 g/mol. The van der Waals surface area contributed by atoms with Gasteiger partial charge in [0.05, 0.1) is 12.2 Å². The van der Waals surface area contributed by atoms with Gasteiger partial charge in [0.25, 0.3) is 0 Å². The maximum Gasteiger partial charge on any atom is 0.339 e. The van der Waals surface area contributed by atoms with Crippen molar-refractivity contribution >= 4 is 24.6 Å². The molecular formula is C18H18O6S. The molecule has 3 N–H and O–H groups in total. The molecule has 0 saturated heterocycles. The van der Waals surface area contributed by atoms with E-state index < -0.39 is 18.5 Å². The van der Waals surface area contributed by atoms with Crippen LogP contribution < -0.4 is 4.74 Å². The lowest BCUT2D eigenvalue weighted by atomic mass is 10.0. The fourth-order valence-electron chi connectivity index (χ4n) is 2.51. The molecule has 0 fully saturated rings. The van der Waals surface area contributed by atoms with Gasteiger partial charge >= 0.3 is 11.9 Å². The van der Waals surface area contributed by atoms with Crippen molar-refractivity contribution in [2.24, 2.45) is 0 Å². The van der Waals surface area contributed by atoms with Gasteiger partial charge in [-0.2, -0.15) is 12.6 Å². The number of aliphatic hydroxyl groups excluding tert-OH is 1. The summed E-state index contributed by atoms with van der Waals surface area (Å²) in [6.07, 6.45) is 0.504. The first kappa shape index (κ1) is 18.8. The SMILES string of the molecule is O=C(O)c1ccc(COc2cccc(CCS)c2C(=O)O)cc1CO. The van der Waals surface area contributed by atoms with Gasteiger partial charge in [-0.3, -0.25) is 0 Å². The van der Waals surface area contributed by atoms with Gasteiger partial charge in [0, 0.05) is 0 Å². The molecule has 132 valence electrons. The summed E-state index contributed by atoms with van der Waals surface area (Å²) in [6, 6.07) is 9.50. The molecule has 25 heavy (non-hydrogen) atoms. The lowest BCUT2D eigenvalue weighted by Crippen LogP contribution is -2.08. The minimum Gasteiger partial charge on any atom is -0.488 e. The summed E-state index contributed by atoms with van der Waals surface area (Å²) in [5, 5.41) is 27.8. The van der Waals surface area contributed by atoms with E-state index in [-0.39, 0.29) is 29.0 Å². The maximum absolute atomic E-state index is 11.5. The van der Waals surface area contributed by atoms with E-state index in [4.69, 9.17) is 9.84 Å². The number of hydrogen-bond acceptors (Lipinski definition) is 5. The van der Waals surface area contributed by atoms with Crippen molar-refractivity contribution in [3.05, 3.63) is 64.2 Å². The highest BCUT2D eigenvalue weighted by molar-refractivity contribution is 7.80. The molecule has 7 heteroatoms. The molecule has 0 aliphatic carbocycles. The molecule has 0 bridgehead atoms. The van der Waals surface area contributed by atoms with Gasteiger partial charge in [-0.05, 0) is 47.1 Å². The second-order valence-electron chi connectivity index (χ2n) is 5.31. The molecule has 2 aromatic carbocycles. The number of carboxylic acid groups (broad SMARTS) is 2. The van der Waals surface area contributed by atoms with E-state index in [0.717, 1.165) is 0 Å². The van der Waals surface area contributed by atoms with Crippen molar-refractivity contribution in [2.75, 3.05) is 5.75 Å². The van der Waals surface area contributed by atoms with Gasteiger partial charge in [-0.15, -0.1) is 0 Å². The standard InChI is InChI=1S/C18H18O6S/c19-9-13-8-11(4-5-14(13)17(20)21)10-24-15-3-1-2-12(6-7-25)16(15)18(22)23/h1-5,8,19,25H,6-7,9-10H2,(H,20,21)(H,22,23). The molecule has 0 aromatic heterocycles. The molecule has 0 spiro atoms. The van der Waals surface area contributed by atoms with Crippen LogP contribution in [0.3, 0.4) is 0 Å². The summed E-state index contributed by atoms with van der Waals surface area (Å²) in [7, 11) is 0. The number of aliphatic hydroxyl groups is 1. The Morgan fingerprint density at radius 2 is 1.80 bits per heavy atom. The van der Waals surface area contributed by atoms with Gasteiger partial charge in [0.2, 0.25) is 0 Å². The number of rotatable bonds is 8. The second-order valence-corrected chi connectivity index (χ2v) is 5.76. The van der Waals surface area contributed by atoms with Crippen LogP contribution in [0.5, 0.6) is 5.75 Å². The van der Waals surface area contributed by atoms with Gasteiger partial charge in [0.1, 0.15) is 17.9 Å². The van der Waals surface area contributed by atoms with Crippen LogP contribution in [-0.4, -0.2) is 33.0 Å². The average molecular weight is 362 g/mol. The second kappa shape index (κ2) is 8.55. The predicted molar refractivity (Wildman–Crippen MR) is 94.6 cm³/mol. The topological polar surface area (TPSA) is 104 Å². The maximum atomic E-state index is 11.5. The van der Waals surface area contributed by atoms with Crippen LogP contribution in [0.4, 0.5) is 0 Å². The predicted octanol–water partition coefficient (Wildman–Crippen LogP) is 2.63. The molecule has 0 radical (unpaired) electrons. The summed E-state index contributed by atoms with van der Waals surface area (Å²) >= 11 is 4.13. The molecule has 0 aliphatic rings. The van der Waals surface area contributed by atoms with Crippen molar-refractivity contribution in [1.82, 2.24) is 0 Å². The van der Waals surface area contributed by atoms with Crippen LogP contribution in [0, 0.1) is 0 Å². The molecule has 0 atom stereocenters. The van der Waals surface area contributed by atoms with Crippen molar-refractivity contribution in [2.45, 2.75) is 19.6 Å². The number of benzene rings is 2.